The molecule has 4 atom stereocenters. The number of hydrogen-bond acceptors (Lipinski definition) is 10. The molecule has 206 valence electrons. The molecule has 1 aliphatic rings. The number of amides is 2. The van der Waals surface area contributed by atoms with Gasteiger partial charge in [0.05, 0.1) is 18.4 Å². The first-order chi connectivity index (χ1) is 18.4. The molecular weight excluding hydrogens is 525 g/mol. The lowest BCUT2D eigenvalue weighted by Gasteiger charge is -2.16. The number of nitrogen functional groups attached to an aromatic ring is 1. The topological polar surface area (TPSA) is 182 Å². The van der Waals surface area contributed by atoms with E-state index in [1.807, 2.05) is 0 Å². The predicted molar refractivity (Wildman–Crippen MR) is 127 cm³/mol. The van der Waals surface area contributed by atoms with Crippen LogP contribution in [0.5, 0.6) is 0 Å². The molecule has 3 aromatic heterocycles. The fourth-order valence-electron chi connectivity index (χ4n) is 3.78. The molecule has 3 aromatic rings. The van der Waals surface area contributed by atoms with Gasteiger partial charge in [0.25, 0.3) is 11.8 Å². The molecule has 4 heterocycles. The average molecular weight is 548 g/mol. The number of nitrogens with zero attached hydrogens (tertiary/aromatic N) is 6. The number of aliphatic hydroxyl groups excluding tert-OH is 2. The minimum absolute atomic E-state index is 0.0448. The van der Waals surface area contributed by atoms with E-state index in [0.29, 0.717) is 12.6 Å². The number of imidazole rings is 1. The summed E-state index contributed by atoms with van der Waals surface area (Å²) in [6.45, 7) is 1.86. The van der Waals surface area contributed by atoms with E-state index in [1.54, 1.807) is 6.92 Å². The lowest BCUT2D eigenvalue weighted by molar-refractivity contribution is -0.141. The third-order valence-electron chi connectivity index (χ3n) is 5.73. The van der Waals surface area contributed by atoms with Gasteiger partial charge in [0.2, 0.25) is 5.82 Å². The Hall–Kier alpha value is -4.33. The standard InChI is InChI=1S/C23H23F3N8O5/c1-3-28-20(37)17-15(35)16(36)22(39-17)34-10-30-14-18(27)31-13(32-19(14)34)5-4-8-33(2)21(38)11-6-7-12(29-9-11)23(24,25)26/h6-7,9-10,15-17,22,35-36H,3,8H2,1-2H3,(H,28,37)(H2,27,31,32)/t15-,16+,17?,22?/m0/s1. The van der Waals surface area contributed by atoms with Crippen LogP contribution in [-0.4, -0.2) is 89.9 Å². The van der Waals surface area contributed by atoms with Gasteiger partial charge in [0.15, 0.2) is 23.8 Å². The zero-order valence-electron chi connectivity index (χ0n) is 20.5. The van der Waals surface area contributed by atoms with Gasteiger partial charge < -0.3 is 30.9 Å². The highest BCUT2D eigenvalue weighted by atomic mass is 19.4. The van der Waals surface area contributed by atoms with Crippen molar-refractivity contribution in [2.75, 3.05) is 25.9 Å². The maximum Gasteiger partial charge on any atom is 0.433 e. The Balaban J connectivity index is 1.52. The number of hydrogen-bond donors (Lipinski definition) is 4. The number of rotatable bonds is 5. The number of likely N-dealkylation sites (N-methyl/N-ethyl adjacent to an activating group) is 1. The van der Waals surface area contributed by atoms with Crippen molar-refractivity contribution in [2.45, 2.75) is 37.6 Å². The molecule has 2 unspecified atom stereocenters. The van der Waals surface area contributed by atoms with E-state index in [4.69, 9.17) is 10.5 Å². The molecule has 39 heavy (non-hydrogen) atoms. The van der Waals surface area contributed by atoms with E-state index >= 15 is 0 Å². The third-order valence-corrected chi connectivity index (χ3v) is 5.73. The van der Waals surface area contributed by atoms with Gasteiger partial charge in [0, 0.05) is 19.8 Å². The molecule has 16 heteroatoms. The first kappa shape index (κ1) is 27.7. The van der Waals surface area contributed by atoms with Crippen molar-refractivity contribution >= 4 is 28.8 Å². The van der Waals surface area contributed by atoms with Crippen LogP contribution in [0, 0.1) is 11.8 Å². The van der Waals surface area contributed by atoms with Gasteiger partial charge >= 0.3 is 6.18 Å². The van der Waals surface area contributed by atoms with E-state index in [0.717, 1.165) is 17.2 Å². The zero-order valence-corrected chi connectivity index (χ0v) is 20.5. The number of halogens is 3. The van der Waals surface area contributed by atoms with Crippen LogP contribution in [0.3, 0.4) is 0 Å². The van der Waals surface area contributed by atoms with Crippen LogP contribution in [0.4, 0.5) is 19.0 Å². The number of nitrogens with one attached hydrogen (secondary N) is 1. The van der Waals surface area contributed by atoms with Crippen molar-refractivity contribution in [1.29, 1.82) is 0 Å². The SMILES string of the molecule is CCNC(=O)C1OC(n2cnc3c(N)nc(C#CCN(C)C(=O)c4ccc(C(F)(F)F)nc4)nc32)[C@H](O)[C@@H]1O. The molecule has 2 amide bonds. The van der Waals surface area contributed by atoms with Gasteiger partial charge in [-0.15, -0.1) is 0 Å². The summed E-state index contributed by atoms with van der Waals surface area (Å²) < 4.78 is 45.0. The summed E-state index contributed by atoms with van der Waals surface area (Å²) in [5.41, 5.74) is 5.08. The molecule has 0 aliphatic carbocycles. The smallest absolute Gasteiger partial charge is 0.387 e. The van der Waals surface area contributed by atoms with E-state index in [2.05, 4.69) is 37.1 Å². The zero-order chi connectivity index (χ0) is 28.5. The van der Waals surface area contributed by atoms with Gasteiger partial charge in [-0.1, -0.05) is 5.92 Å². The van der Waals surface area contributed by atoms with E-state index < -0.39 is 48.2 Å². The lowest BCUT2D eigenvalue weighted by Crippen LogP contribution is -2.42. The number of aromatic nitrogens is 5. The fraction of sp³-hybridized carbons (Fsp3) is 0.391. The number of aliphatic hydroxyl groups is 2. The molecule has 0 bridgehead atoms. The van der Waals surface area contributed by atoms with E-state index in [-0.39, 0.29) is 34.9 Å². The number of nitrogens with two attached hydrogens (primary N) is 1. The Morgan fingerprint density at radius 3 is 2.62 bits per heavy atom. The summed E-state index contributed by atoms with van der Waals surface area (Å²) in [5, 5.41) is 23.3. The molecule has 1 fully saturated rings. The Labute approximate surface area is 218 Å². The summed E-state index contributed by atoms with van der Waals surface area (Å²) in [7, 11) is 1.40. The number of carbonyl (C=O) groups excluding carboxylic acids is 2. The summed E-state index contributed by atoms with van der Waals surface area (Å²) >= 11 is 0. The Morgan fingerprint density at radius 2 is 1.97 bits per heavy atom. The first-order valence-corrected chi connectivity index (χ1v) is 11.5. The Bertz CT molecular complexity index is 1450. The first-order valence-electron chi connectivity index (χ1n) is 11.5. The van der Waals surface area contributed by atoms with Crippen molar-refractivity contribution in [3.63, 3.8) is 0 Å². The summed E-state index contributed by atoms with van der Waals surface area (Å²) in [4.78, 5) is 41.6. The van der Waals surface area contributed by atoms with Crippen LogP contribution in [0.25, 0.3) is 11.2 Å². The minimum atomic E-state index is -4.62. The Kier molecular flexibility index (Phi) is 7.67. The van der Waals surface area contributed by atoms with Crippen molar-refractivity contribution in [2.24, 2.45) is 0 Å². The van der Waals surface area contributed by atoms with Crippen LogP contribution in [-0.2, 0) is 15.7 Å². The molecule has 0 spiro atoms. The molecule has 0 aromatic carbocycles. The van der Waals surface area contributed by atoms with Crippen LogP contribution in [0.15, 0.2) is 24.7 Å². The maximum atomic E-state index is 12.7. The molecule has 1 aliphatic heterocycles. The van der Waals surface area contributed by atoms with Crippen LogP contribution < -0.4 is 11.1 Å². The van der Waals surface area contributed by atoms with Crippen molar-refractivity contribution < 1.29 is 37.7 Å². The largest absolute Gasteiger partial charge is 0.433 e. The van der Waals surface area contributed by atoms with Crippen LogP contribution in [0.1, 0.15) is 35.0 Å². The van der Waals surface area contributed by atoms with Gasteiger partial charge in [-0.3, -0.25) is 19.1 Å². The number of fused-ring (bicyclic) bond motifs is 1. The summed E-state index contributed by atoms with van der Waals surface area (Å²) in [6.07, 6.45) is -8.06. The van der Waals surface area contributed by atoms with Crippen molar-refractivity contribution in [1.82, 2.24) is 34.7 Å². The molecule has 0 radical (unpaired) electrons. The molecule has 4 rings (SSSR count). The van der Waals surface area contributed by atoms with Crippen LogP contribution in [0.2, 0.25) is 0 Å². The summed E-state index contributed by atoms with van der Waals surface area (Å²) in [6, 6.07) is 1.73. The highest BCUT2D eigenvalue weighted by Gasteiger charge is 2.47. The monoisotopic (exact) mass is 548 g/mol. The normalized spacial score (nSPS) is 20.9. The molecule has 1 saturated heterocycles. The van der Waals surface area contributed by atoms with Gasteiger partial charge in [-0.05, 0) is 25.0 Å². The highest BCUT2D eigenvalue weighted by molar-refractivity contribution is 5.94. The number of anilines is 1. The van der Waals surface area contributed by atoms with E-state index in [1.165, 1.54) is 17.9 Å². The second kappa shape index (κ2) is 10.8. The molecule has 13 nitrogen and oxygen atoms in total. The van der Waals surface area contributed by atoms with E-state index in [9.17, 15) is 33.0 Å². The summed E-state index contributed by atoms with van der Waals surface area (Å²) in [5.74, 6) is 4.02. The minimum Gasteiger partial charge on any atom is -0.387 e. The highest BCUT2D eigenvalue weighted by Crippen LogP contribution is 2.32. The number of pyridine rings is 1. The maximum absolute atomic E-state index is 12.7. The molecule has 0 saturated carbocycles. The van der Waals surface area contributed by atoms with Gasteiger partial charge in [-0.25, -0.2) is 15.0 Å². The lowest BCUT2D eigenvalue weighted by atomic mass is 10.1. The number of carbonyl (C=O) groups is 2. The predicted octanol–water partition coefficient (Wildman–Crippen LogP) is -0.299. The fourth-order valence-corrected chi connectivity index (χ4v) is 3.78. The quantitative estimate of drug-likeness (QED) is 0.309. The number of alkyl halides is 3. The van der Waals surface area contributed by atoms with Crippen LogP contribution >= 0.6 is 0 Å². The molecule has 5 N–H and O–H groups in total. The second-order valence-electron chi connectivity index (χ2n) is 8.47. The van der Waals surface area contributed by atoms with Gasteiger partial charge in [0.1, 0.15) is 23.4 Å². The van der Waals surface area contributed by atoms with Gasteiger partial charge in [-0.2, -0.15) is 13.2 Å². The number of ether oxygens (including phenoxy) is 1. The Morgan fingerprint density at radius 1 is 1.23 bits per heavy atom. The van der Waals surface area contributed by atoms with Crippen molar-refractivity contribution in [3.8, 4) is 11.8 Å². The average Bonchev–Trinajstić information content (AvgIpc) is 3.44. The second-order valence-corrected chi connectivity index (χ2v) is 8.47. The van der Waals surface area contributed by atoms with Crippen molar-refractivity contribution in [3.05, 3.63) is 41.7 Å². The molecular formula is C23H23F3N8O5. The third kappa shape index (κ3) is 5.60.